The van der Waals surface area contributed by atoms with E-state index in [9.17, 15) is 0 Å². The molecule has 0 radical (unpaired) electrons. The molecule has 0 unspecified atom stereocenters. The van der Waals surface area contributed by atoms with Crippen molar-refractivity contribution in [3.05, 3.63) is 29.8 Å². The van der Waals surface area contributed by atoms with Crippen LogP contribution in [0.15, 0.2) is 24.3 Å². The number of rotatable bonds is 1. The number of hydrogen-bond donors (Lipinski definition) is 0. The fourth-order valence-electron chi connectivity index (χ4n) is 0.843. The van der Waals surface area contributed by atoms with Crippen LogP contribution in [0.4, 0.5) is 5.69 Å². The van der Waals surface area contributed by atoms with E-state index in [1.165, 1.54) is 11.3 Å². The number of halogens is 1. The molecule has 0 aromatic heterocycles. The maximum atomic E-state index is 2.12. The van der Waals surface area contributed by atoms with E-state index in [0.29, 0.717) is 0 Å². The van der Waals surface area contributed by atoms with Gasteiger partial charge in [0.2, 0.25) is 0 Å². The molecule has 62 valence electrons. The van der Waals surface area contributed by atoms with Gasteiger partial charge in [-0.2, -0.15) is 0 Å². The first-order chi connectivity index (χ1) is 4.70. The van der Waals surface area contributed by atoms with Gasteiger partial charge in [-0.05, 0) is 19.1 Å². The van der Waals surface area contributed by atoms with Crippen molar-refractivity contribution in [2.75, 3.05) is 19.0 Å². The number of anilines is 1. The van der Waals surface area contributed by atoms with E-state index in [0.717, 1.165) is 0 Å². The first-order valence-electron chi connectivity index (χ1n) is 3.44. The quantitative estimate of drug-likeness (QED) is 0.628. The van der Waals surface area contributed by atoms with Gasteiger partial charge >= 0.3 is 0 Å². The second-order valence-electron chi connectivity index (χ2n) is 2.73. The Labute approximate surface area is 74.4 Å². The summed E-state index contributed by atoms with van der Waals surface area (Å²) in [6.45, 7) is 2.10. The molecule has 0 bridgehead atoms. The Morgan fingerprint density at radius 3 is 1.82 bits per heavy atom. The molecule has 0 aliphatic heterocycles. The Balaban J connectivity index is 0.000001000. The van der Waals surface area contributed by atoms with Crippen molar-refractivity contribution in [2.24, 2.45) is 0 Å². The topological polar surface area (TPSA) is 3.24 Å². The minimum absolute atomic E-state index is 0. The van der Waals surface area contributed by atoms with Crippen molar-refractivity contribution in [2.45, 2.75) is 6.92 Å². The van der Waals surface area contributed by atoms with Crippen LogP contribution in [0.3, 0.4) is 0 Å². The highest BCUT2D eigenvalue weighted by atomic mass is 35.5. The molecule has 1 rings (SSSR count). The normalized spacial score (nSPS) is 8.64. The van der Waals surface area contributed by atoms with Gasteiger partial charge in [-0.15, -0.1) is 12.4 Å². The molecule has 11 heavy (non-hydrogen) atoms. The summed E-state index contributed by atoms with van der Waals surface area (Å²) in [5, 5.41) is 0. The zero-order chi connectivity index (χ0) is 7.56. The van der Waals surface area contributed by atoms with E-state index < -0.39 is 0 Å². The third-order valence-electron chi connectivity index (χ3n) is 1.55. The van der Waals surface area contributed by atoms with E-state index in [1.54, 1.807) is 0 Å². The van der Waals surface area contributed by atoms with Crippen LogP contribution in [-0.4, -0.2) is 14.1 Å². The van der Waals surface area contributed by atoms with E-state index in [1.807, 2.05) is 14.1 Å². The zero-order valence-corrected chi connectivity index (χ0v) is 7.98. The molecule has 0 saturated carbocycles. The van der Waals surface area contributed by atoms with Gasteiger partial charge in [-0.25, -0.2) is 0 Å². The van der Waals surface area contributed by atoms with E-state index in [2.05, 4.69) is 36.1 Å². The third kappa shape index (κ3) is 2.81. The lowest BCUT2D eigenvalue weighted by atomic mass is 10.2. The van der Waals surface area contributed by atoms with Crippen LogP contribution < -0.4 is 4.90 Å². The molecule has 0 atom stereocenters. The molecular formula is C9H14ClN. The molecule has 0 heterocycles. The van der Waals surface area contributed by atoms with Gasteiger partial charge in [0.15, 0.2) is 0 Å². The smallest absolute Gasteiger partial charge is 0.0361 e. The lowest BCUT2D eigenvalue weighted by molar-refractivity contribution is 1.13. The van der Waals surface area contributed by atoms with Crippen LogP contribution in [0.25, 0.3) is 0 Å². The van der Waals surface area contributed by atoms with Crippen LogP contribution >= 0.6 is 12.4 Å². The summed E-state index contributed by atoms with van der Waals surface area (Å²) in [4.78, 5) is 2.10. The van der Waals surface area contributed by atoms with E-state index in [4.69, 9.17) is 0 Å². The van der Waals surface area contributed by atoms with Crippen LogP contribution in [0.5, 0.6) is 0 Å². The monoisotopic (exact) mass is 171 g/mol. The average molecular weight is 172 g/mol. The largest absolute Gasteiger partial charge is 0.378 e. The Morgan fingerprint density at radius 1 is 1.00 bits per heavy atom. The zero-order valence-electron chi connectivity index (χ0n) is 7.16. The van der Waals surface area contributed by atoms with Crippen LogP contribution in [0, 0.1) is 6.92 Å². The van der Waals surface area contributed by atoms with Gasteiger partial charge in [0.1, 0.15) is 0 Å². The molecule has 1 aromatic carbocycles. The lowest BCUT2D eigenvalue weighted by Crippen LogP contribution is -2.07. The summed E-state index contributed by atoms with van der Waals surface area (Å²) >= 11 is 0. The molecule has 0 spiro atoms. The summed E-state index contributed by atoms with van der Waals surface area (Å²) in [5.74, 6) is 0. The first-order valence-corrected chi connectivity index (χ1v) is 3.44. The number of hydrogen-bond acceptors (Lipinski definition) is 1. The van der Waals surface area contributed by atoms with Crippen molar-refractivity contribution in [1.82, 2.24) is 0 Å². The highest BCUT2D eigenvalue weighted by molar-refractivity contribution is 5.85. The van der Waals surface area contributed by atoms with Crippen LogP contribution in [-0.2, 0) is 0 Å². The average Bonchev–Trinajstić information content (AvgIpc) is 1.88. The minimum Gasteiger partial charge on any atom is -0.378 e. The molecule has 0 saturated heterocycles. The van der Waals surface area contributed by atoms with Gasteiger partial charge in [-0.1, -0.05) is 17.7 Å². The van der Waals surface area contributed by atoms with Crippen molar-refractivity contribution >= 4 is 18.1 Å². The number of nitrogens with zero attached hydrogens (tertiary/aromatic N) is 1. The number of aryl methyl sites for hydroxylation is 1. The second-order valence-corrected chi connectivity index (χ2v) is 2.73. The third-order valence-corrected chi connectivity index (χ3v) is 1.55. The molecule has 0 fully saturated rings. The van der Waals surface area contributed by atoms with Crippen LogP contribution in [0.2, 0.25) is 0 Å². The summed E-state index contributed by atoms with van der Waals surface area (Å²) in [5.41, 5.74) is 2.57. The maximum absolute atomic E-state index is 2.12. The fraction of sp³-hybridized carbons (Fsp3) is 0.333. The Bertz CT molecular complexity index is 203. The van der Waals surface area contributed by atoms with Gasteiger partial charge in [-0.3, -0.25) is 0 Å². The first kappa shape index (κ1) is 10.3. The highest BCUT2D eigenvalue weighted by Crippen LogP contribution is 2.10. The fourth-order valence-corrected chi connectivity index (χ4v) is 0.843. The van der Waals surface area contributed by atoms with E-state index >= 15 is 0 Å². The minimum atomic E-state index is 0. The predicted molar refractivity (Wildman–Crippen MR) is 52.8 cm³/mol. The maximum Gasteiger partial charge on any atom is 0.0361 e. The van der Waals surface area contributed by atoms with Gasteiger partial charge in [0, 0.05) is 19.8 Å². The standard InChI is InChI=1S/C9H13N.ClH/c1-8-4-6-9(7-5-8)10(2)3;/h4-7H,1-3H3;1H. The summed E-state index contributed by atoms with van der Waals surface area (Å²) in [7, 11) is 4.09. The molecule has 0 N–H and O–H groups in total. The molecule has 0 amide bonds. The molecule has 1 nitrogen and oxygen atoms in total. The molecular weight excluding hydrogens is 158 g/mol. The molecule has 2 heteroatoms. The Morgan fingerprint density at radius 2 is 1.45 bits per heavy atom. The van der Waals surface area contributed by atoms with Gasteiger partial charge < -0.3 is 4.90 Å². The van der Waals surface area contributed by atoms with Crippen LogP contribution in [0.1, 0.15) is 5.56 Å². The number of benzene rings is 1. The van der Waals surface area contributed by atoms with Gasteiger partial charge in [0.05, 0.1) is 0 Å². The summed E-state index contributed by atoms with van der Waals surface area (Å²) < 4.78 is 0. The summed E-state index contributed by atoms with van der Waals surface area (Å²) in [6, 6.07) is 8.48. The Hall–Kier alpha value is -0.690. The van der Waals surface area contributed by atoms with Crippen molar-refractivity contribution in [3.8, 4) is 0 Å². The lowest BCUT2D eigenvalue weighted by Gasteiger charge is -2.11. The summed E-state index contributed by atoms with van der Waals surface area (Å²) in [6.07, 6.45) is 0. The molecule has 0 aliphatic carbocycles. The highest BCUT2D eigenvalue weighted by Gasteiger charge is 1.90. The Kier molecular flexibility index (Phi) is 3.98. The van der Waals surface area contributed by atoms with E-state index in [-0.39, 0.29) is 12.4 Å². The van der Waals surface area contributed by atoms with Crippen molar-refractivity contribution in [3.63, 3.8) is 0 Å². The second kappa shape index (κ2) is 4.24. The van der Waals surface area contributed by atoms with Crippen molar-refractivity contribution in [1.29, 1.82) is 0 Å². The molecule has 1 aromatic rings. The SMILES string of the molecule is Cc1ccc(N(C)C)cc1.Cl. The van der Waals surface area contributed by atoms with Gasteiger partial charge in [0.25, 0.3) is 0 Å². The predicted octanol–water partition coefficient (Wildman–Crippen LogP) is 2.48. The van der Waals surface area contributed by atoms with Crippen molar-refractivity contribution < 1.29 is 0 Å². The molecule has 0 aliphatic rings.